The third kappa shape index (κ3) is 6.84. The van der Waals surface area contributed by atoms with Crippen LogP contribution in [0.2, 0.25) is 0 Å². The summed E-state index contributed by atoms with van der Waals surface area (Å²) in [4.78, 5) is 5.44. The van der Waals surface area contributed by atoms with Crippen molar-refractivity contribution >= 4 is 34.7 Å². The van der Waals surface area contributed by atoms with Crippen molar-refractivity contribution in [1.29, 1.82) is 0 Å². The van der Waals surface area contributed by atoms with Gasteiger partial charge in [-0.3, -0.25) is 9.80 Å². The molecule has 0 aliphatic carbocycles. The second kappa shape index (κ2) is 13.7. The Kier molecular flexibility index (Phi) is 9.86. The maximum absolute atomic E-state index is 4.58. The predicted octanol–water partition coefficient (Wildman–Crippen LogP) is 8.07. The normalized spacial score (nSPS) is 18.5. The molecule has 0 amide bonds. The van der Waals surface area contributed by atoms with Gasteiger partial charge in [0.2, 0.25) is 0 Å². The highest BCUT2D eigenvalue weighted by molar-refractivity contribution is 7.99. The second-order valence-corrected chi connectivity index (χ2v) is 12.8. The Labute approximate surface area is 238 Å². The van der Waals surface area contributed by atoms with E-state index >= 15 is 0 Å². The van der Waals surface area contributed by atoms with E-state index in [0.29, 0.717) is 12.1 Å². The molecule has 38 heavy (non-hydrogen) atoms. The van der Waals surface area contributed by atoms with Crippen LogP contribution in [0.25, 0.3) is 11.1 Å². The van der Waals surface area contributed by atoms with Gasteiger partial charge in [-0.1, -0.05) is 98.1 Å². The van der Waals surface area contributed by atoms with Crippen LogP contribution >= 0.6 is 23.5 Å². The highest BCUT2D eigenvalue weighted by atomic mass is 32.2. The number of hydrogen-bond acceptors (Lipinski definition) is 4. The lowest BCUT2D eigenvalue weighted by molar-refractivity contribution is 0.202. The Morgan fingerprint density at radius 1 is 0.553 bits per heavy atom. The van der Waals surface area contributed by atoms with Crippen molar-refractivity contribution in [1.82, 2.24) is 9.80 Å². The maximum Gasteiger partial charge on any atom is 0.0392 e. The van der Waals surface area contributed by atoms with E-state index < -0.39 is 0 Å². The molecule has 0 N–H and O–H groups in total. The smallest absolute Gasteiger partial charge is 0.0392 e. The first kappa shape index (κ1) is 27.3. The fraction of sp³-hybridized carbons (Fsp3) is 0.353. The zero-order valence-corrected chi connectivity index (χ0v) is 24.1. The Balaban J connectivity index is 1.51. The molecule has 2 heterocycles. The highest BCUT2D eigenvalue weighted by Crippen LogP contribution is 2.40. The zero-order valence-electron chi connectivity index (χ0n) is 22.4. The van der Waals surface area contributed by atoms with Crippen LogP contribution < -0.4 is 0 Å². The summed E-state index contributed by atoms with van der Waals surface area (Å²) in [6, 6.07) is 31.4. The summed E-state index contributed by atoms with van der Waals surface area (Å²) in [6.45, 7) is 13.7. The summed E-state index contributed by atoms with van der Waals surface area (Å²) in [7, 11) is 0. The molecule has 0 aromatic heterocycles. The lowest BCUT2D eigenvalue weighted by Crippen LogP contribution is -2.39. The van der Waals surface area contributed by atoms with E-state index in [4.69, 9.17) is 0 Å². The number of rotatable bonds is 10. The average Bonchev–Trinajstić information content (AvgIpc) is 3.00. The lowest BCUT2D eigenvalue weighted by Gasteiger charge is -2.40. The van der Waals surface area contributed by atoms with E-state index in [1.807, 2.05) is 0 Å². The molecule has 3 aromatic rings. The molecule has 5 rings (SSSR count). The van der Waals surface area contributed by atoms with Crippen molar-refractivity contribution in [2.24, 2.45) is 0 Å². The third-order valence-corrected chi connectivity index (χ3v) is 9.82. The predicted molar refractivity (Wildman–Crippen MR) is 170 cm³/mol. The molecule has 2 atom stereocenters. The Bertz CT molecular complexity index is 1090. The van der Waals surface area contributed by atoms with E-state index in [0.717, 1.165) is 39.0 Å². The molecule has 0 radical (unpaired) electrons. The van der Waals surface area contributed by atoms with E-state index in [9.17, 15) is 0 Å². The van der Waals surface area contributed by atoms with Crippen LogP contribution in [0, 0.1) is 0 Å². The molecule has 2 saturated heterocycles. The fourth-order valence-corrected chi connectivity index (χ4v) is 7.68. The van der Waals surface area contributed by atoms with E-state index in [2.05, 4.69) is 131 Å². The summed E-state index contributed by atoms with van der Waals surface area (Å²) in [5.74, 6) is 4.81. The van der Waals surface area contributed by atoms with Gasteiger partial charge in [-0.15, -0.1) is 0 Å². The summed E-state index contributed by atoms with van der Waals surface area (Å²) >= 11 is 4.16. The highest BCUT2D eigenvalue weighted by Gasteiger charge is 2.31. The second-order valence-electron chi connectivity index (χ2n) is 10.3. The minimum absolute atomic E-state index is 0.325. The van der Waals surface area contributed by atoms with E-state index in [-0.39, 0.29) is 0 Å². The molecule has 0 spiro atoms. The lowest BCUT2D eigenvalue weighted by atomic mass is 9.86. The molecular weight excluding hydrogens is 501 g/mol. The van der Waals surface area contributed by atoms with E-state index in [1.165, 1.54) is 56.4 Å². The summed E-state index contributed by atoms with van der Waals surface area (Å²) in [5, 5.41) is 0. The fourth-order valence-electron chi connectivity index (χ4n) is 5.82. The molecule has 2 fully saturated rings. The quantitative estimate of drug-likeness (QED) is 0.256. The van der Waals surface area contributed by atoms with Gasteiger partial charge in [0.25, 0.3) is 0 Å². The first-order chi connectivity index (χ1) is 18.7. The van der Waals surface area contributed by atoms with Gasteiger partial charge in [0.15, 0.2) is 0 Å². The molecule has 0 bridgehead atoms. The number of hydrogen-bond donors (Lipinski definition) is 0. The Hall–Kier alpha value is -2.24. The standard InChI is InChI=1S/C34H40N2S2/c1-27(29-11-5-3-6-12-29)25-33(35-17-21-37-22-18-35)31-15-9-10-16-32(31)34(36-19-23-38-24-20-36)26-28(2)30-13-7-4-8-14-30/h3-16,33-34H,1-2,17-26H2. The van der Waals surface area contributed by atoms with Crippen molar-refractivity contribution in [3.8, 4) is 0 Å². The van der Waals surface area contributed by atoms with Crippen molar-refractivity contribution in [3.63, 3.8) is 0 Å². The molecule has 2 unspecified atom stereocenters. The van der Waals surface area contributed by atoms with Crippen molar-refractivity contribution in [2.45, 2.75) is 24.9 Å². The van der Waals surface area contributed by atoms with E-state index in [1.54, 1.807) is 0 Å². The Morgan fingerprint density at radius 2 is 0.895 bits per heavy atom. The average molecular weight is 541 g/mol. The van der Waals surface area contributed by atoms with Crippen molar-refractivity contribution < 1.29 is 0 Å². The van der Waals surface area contributed by atoms with Crippen LogP contribution in [-0.2, 0) is 0 Å². The summed E-state index contributed by atoms with van der Waals surface area (Å²) in [6.07, 6.45) is 1.90. The number of thioether (sulfide) groups is 2. The molecular formula is C34H40N2S2. The molecule has 2 aliphatic heterocycles. The minimum Gasteiger partial charge on any atom is -0.294 e. The summed E-state index contributed by atoms with van der Waals surface area (Å²) in [5.41, 5.74) is 7.90. The topological polar surface area (TPSA) is 6.48 Å². The molecule has 4 heteroatoms. The van der Waals surface area contributed by atoms with Gasteiger partial charge in [0.1, 0.15) is 0 Å². The monoisotopic (exact) mass is 540 g/mol. The number of nitrogens with zero attached hydrogens (tertiary/aromatic N) is 2. The molecule has 3 aromatic carbocycles. The van der Waals surface area contributed by atoms with Crippen LogP contribution in [0.5, 0.6) is 0 Å². The van der Waals surface area contributed by atoms with Gasteiger partial charge in [-0.05, 0) is 46.2 Å². The van der Waals surface area contributed by atoms with Gasteiger partial charge in [-0.2, -0.15) is 23.5 Å². The van der Waals surface area contributed by atoms with Gasteiger partial charge < -0.3 is 0 Å². The SMILES string of the molecule is C=C(CC(c1ccccc1C(CC(=C)c1ccccc1)N1CCSCC1)N1CCSCC1)c1ccccc1. The van der Waals surface area contributed by atoms with Crippen molar-refractivity contribution in [3.05, 3.63) is 120 Å². The van der Waals surface area contributed by atoms with Crippen molar-refractivity contribution in [2.75, 3.05) is 49.2 Å². The zero-order chi connectivity index (χ0) is 26.2. The summed E-state index contributed by atoms with van der Waals surface area (Å²) < 4.78 is 0. The first-order valence-electron chi connectivity index (χ1n) is 13.9. The van der Waals surface area contributed by atoms with Crippen LogP contribution in [0.4, 0.5) is 0 Å². The molecule has 0 saturated carbocycles. The molecule has 198 valence electrons. The molecule has 2 nitrogen and oxygen atoms in total. The van der Waals surface area contributed by atoms with Crippen LogP contribution in [0.15, 0.2) is 98.1 Å². The van der Waals surface area contributed by atoms with Crippen LogP contribution in [-0.4, -0.2) is 59.0 Å². The first-order valence-corrected chi connectivity index (χ1v) is 16.2. The number of benzene rings is 3. The van der Waals surface area contributed by atoms with Gasteiger partial charge in [0, 0.05) is 61.3 Å². The largest absolute Gasteiger partial charge is 0.294 e. The van der Waals surface area contributed by atoms with Gasteiger partial charge >= 0.3 is 0 Å². The minimum atomic E-state index is 0.325. The molecule has 2 aliphatic rings. The third-order valence-electron chi connectivity index (χ3n) is 7.93. The van der Waals surface area contributed by atoms with Crippen LogP contribution in [0.1, 0.15) is 47.2 Å². The Morgan fingerprint density at radius 3 is 1.26 bits per heavy atom. The van der Waals surface area contributed by atoms with Crippen LogP contribution in [0.3, 0.4) is 0 Å². The maximum atomic E-state index is 4.58. The van der Waals surface area contributed by atoms with Gasteiger partial charge in [0.05, 0.1) is 0 Å². The van der Waals surface area contributed by atoms with Gasteiger partial charge in [-0.25, -0.2) is 0 Å².